The van der Waals surface area contributed by atoms with E-state index in [2.05, 4.69) is 43.3 Å². The summed E-state index contributed by atoms with van der Waals surface area (Å²) in [5.41, 5.74) is 0.206. The molecular formula is C27H40O5PSi. The van der Waals surface area contributed by atoms with Gasteiger partial charge >= 0.3 is 7.60 Å². The maximum atomic E-state index is 13.0. The van der Waals surface area contributed by atoms with Gasteiger partial charge in [-0.15, -0.1) is 4.67 Å². The molecule has 1 aliphatic rings. The Balaban J connectivity index is 1.71. The first-order valence-corrected chi connectivity index (χ1v) is 15.6. The molecule has 1 N–H and O–H groups in total. The average Bonchev–Trinajstić information content (AvgIpc) is 3.57. The third-order valence-corrected chi connectivity index (χ3v) is 10.8. The van der Waals surface area contributed by atoms with Crippen LogP contribution >= 0.6 is 7.60 Å². The molecule has 0 spiro atoms. The molecular weight excluding hydrogens is 463 g/mol. The molecule has 1 atom stereocenters. The van der Waals surface area contributed by atoms with Crippen molar-refractivity contribution in [1.29, 1.82) is 0 Å². The number of rotatable bonds is 14. The highest BCUT2D eigenvalue weighted by Crippen LogP contribution is 2.56. The first-order chi connectivity index (χ1) is 16.2. The van der Waals surface area contributed by atoms with Crippen LogP contribution in [0.1, 0.15) is 65.9 Å². The maximum Gasteiger partial charge on any atom is 0.359 e. The minimum atomic E-state index is -3.92. The van der Waals surface area contributed by atoms with Gasteiger partial charge in [-0.2, -0.15) is 0 Å². The summed E-state index contributed by atoms with van der Waals surface area (Å²) in [5, 5.41) is 2.37. The van der Waals surface area contributed by atoms with Crippen LogP contribution in [0.2, 0.25) is 0 Å². The van der Waals surface area contributed by atoms with Gasteiger partial charge in [-0.25, -0.2) is 4.89 Å². The molecule has 2 aromatic rings. The smallest absolute Gasteiger partial charge is 0.359 e. The first-order valence-electron chi connectivity index (χ1n) is 12.5. The highest BCUT2D eigenvalue weighted by molar-refractivity contribution is 7.53. The zero-order valence-corrected chi connectivity index (χ0v) is 23.1. The van der Waals surface area contributed by atoms with E-state index in [-0.39, 0.29) is 11.8 Å². The predicted molar refractivity (Wildman–Crippen MR) is 140 cm³/mol. The lowest BCUT2D eigenvalue weighted by atomic mass is 10.00. The quantitative estimate of drug-likeness (QED) is 0.160. The van der Waals surface area contributed by atoms with Gasteiger partial charge in [-0.05, 0) is 53.5 Å². The molecule has 5 nitrogen and oxygen atoms in total. The van der Waals surface area contributed by atoms with Crippen molar-refractivity contribution in [2.24, 2.45) is 11.8 Å². The van der Waals surface area contributed by atoms with Gasteiger partial charge in [0.15, 0.2) is 0 Å². The van der Waals surface area contributed by atoms with Crippen molar-refractivity contribution in [2.45, 2.75) is 78.0 Å². The van der Waals surface area contributed by atoms with E-state index in [1.165, 1.54) is 28.8 Å². The second-order valence-electron chi connectivity index (χ2n) is 10.2. The molecule has 0 aliphatic heterocycles. The van der Waals surface area contributed by atoms with E-state index in [9.17, 15) is 9.46 Å². The largest absolute Gasteiger partial charge is 0.404 e. The lowest BCUT2D eigenvalue weighted by Crippen LogP contribution is -2.47. The van der Waals surface area contributed by atoms with E-state index < -0.39 is 27.9 Å². The molecule has 3 rings (SSSR count). The Labute approximate surface area is 207 Å². The van der Waals surface area contributed by atoms with E-state index in [1.54, 1.807) is 0 Å². The second-order valence-corrected chi connectivity index (χ2v) is 14.1. The molecule has 0 heterocycles. The molecule has 1 saturated carbocycles. The Hall–Kier alpha value is -1.27. The molecule has 1 aliphatic carbocycles. The molecule has 0 bridgehead atoms. The van der Waals surface area contributed by atoms with Crippen LogP contribution in [0.25, 0.3) is 0 Å². The summed E-state index contributed by atoms with van der Waals surface area (Å²) in [6.45, 7) is 10.3. The number of hydrogen-bond donors (Lipinski definition) is 1. The summed E-state index contributed by atoms with van der Waals surface area (Å²) in [5.74, 6) is 0.0254. The van der Waals surface area contributed by atoms with Gasteiger partial charge in [0, 0.05) is 0 Å². The van der Waals surface area contributed by atoms with Crippen molar-refractivity contribution < 1.29 is 23.4 Å². The highest BCUT2D eigenvalue weighted by atomic mass is 31.2. The van der Waals surface area contributed by atoms with Gasteiger partial charge in [0.25, 0.3) is 9.04 Å². The van der Waals surface area contributed by atoms with Gasteiger partial charge in [0.1, 0.15) is 5.60 Å². The van der Waals surface area contributed by atoms with Crippen molar-refractivity contribution in [3.63, 3.8) is 0 Å². The first kappa shape index (κ1) is 27.3. The van der Waals surface area contributed by atoms with Crippen LogP contribution in [0.4, 0.5) is 0 Å². The van der Waals surface area contributed by atoms with Gasteiger partial charge in [-0.3, -0.25) is 4.57 Å². The molecule has 1 fully saturated rings. The molecule has 187 valence electrons. The van der Waals surface area contributed by atoms with Crippen LogP contribution in [-0.4, -0.2) is 31.8 Å². The van der Waals surface area contributed by atoms with Crippen LogP contribution in [-0.2, 0) is 25.0 Å². The number of aryl methyl sites for hydroxylation is 1. The molecule has 0 saturated heterocycles. The Bertz CT molecular complexity index is 937. The number of unbranched alkanes of at least 4 members (excludes halogenated alkanes) is 1. The molecule has 7 heteroatoms. The normalized spacial score (nSPS) is 17.0. The van der Waals surface area contributed by atoms with Crippen molar-refractivity contribution in [3.8, 4) is 0 Å². The molecule has 34 heavy (non-hydrogen) atoms. The Morgan fingerprint density at radius 2 is 1.65 bits per heavy atom. The van der Waals surface area contributed by atoms with E-state index in [0.29, 0.717) is 6.61 Å². The van der Waals surface area contributed by atoms with Crippen molar-refractivity contribution >= 4 is 27.0 Å². The lowest BCUT2D eigenvalue weighted by Gasteiger charge is -2.29. The lowest BCUT2D eigenvalue weighted by molar-refractivity contribution is -0.270. The van der Waals surface area contributed by atoms with E-state index in [4.69, 9.17) is 14.0 Å². The van der Waals surface area contributed by atoms with Crippen molar-refractivity contribution in [3.05, 3.63) is 60.2 Å². The number of hydrogen-bond acceptors (Lipinski definition) is 4. The van der Waals surface area contributed by atoms with E-state index >= 15 is 0 Å². The number of benzene rings is 2. The summed E-state index contributed by atoms with van der Waals surface area (Å²) >= 11 is 0. The fourth-order valence-electron chi connectivity index (χ4n) is 4.47. The van der Waals surface area contributed by atoms with Crippen LogP contribution in [0, 0.1) is 11.8 Å². The van der Waals surface area contributed by atoms with Gasteiger partial charge in [0.05, 0.1) is 12.3 Å². The van der Waals surface area contributed by atoms with Gasteiger partial charge in [0.2, 0.25) is 0 Å². The summed E-state index contributed by atoms with van der Waals surface area (Å²) in [6.07, 6.45) is 4.90. The Morgan fingerprint density at radius 1 is 1.00 bits per heavy atom. The predicted octanol–water partition coefficient (Wildman–Crippen LogP) is 5.50. The van der Waals surface area contributed by atoms with Crippen LogP contribution in [0.3, 0.4) is 0 Å². The third-order valence-electron chi connectivity index (χ3n) is 6.40. The van der Waals surface area contributed by atoms with E-state index in [0.717, 1.165) is 19.3 Å². The third kappa shape index (κ3) is 7.36. The van der Waals surface area contributed by atoms with Crippen molar-refractivity contribution in [2.75, 3.05) is 6.61 Å². The average molecular weight is 504 g/mol. The molecule has 0 aromatic heterocycles. The minimum Gasteiger partial charge on any atom is -0.404 e. The summed E-state index contributed by atoms with van der Waals surface area (Å²) in [7, 11) is -5.42. The second kappa shape index (κ2) is 12.1. The highest BCUT2D eigenvalue weighted by Gasteiger charge is 2.50. The molecule has 0 amide bonds. The fourth-order valence-corrected chi connectivity index (χ4v) is 8.48. The standard InChI is InChI=1S/C27H40O5PSi/c1-6-7-12-23-13-11-16-25(19-23)34(24-14-9-8-10-15-24)30-20-27(17-18-27)31-32-33(28,29)26(21(2)3)22(4)5/h8-11,13-16,19,21-22,26H,6-7,12,17-18,20H2,1-5H3,(H,28,29). The summed E-state index contributed by atoms with van der Waals surface area (Å²) in [6, 6.07) is 19.0. The molecule has 1 radical (unpaired) electrons. The summed E-state index contributed by atoms with van der Waals surface area (Å²) < 4.78 is 24.8. The molecule has 2 aromatic carbocycles. The van der Waals surface area contributed by atoms with Crippen LogP contribution in [0.15, 0.2) is 54.6 Å². The monoisotopic (exact) mass is 503 g/mol. The fraction of sp³-hybridized carbons (Fsp3) is 0.556. The minimum absolute atomic E-state index is 0.0127. The topological polar surface area (TPSA) is 65.0 Å². The maximum absolute atomic E-state index is 13.0. The summed E-state index contributed by atoms with van der Waals surface area (Å²) in [4.78, 5) is 16.3. The SMILES string of the molecule is CCCCc1cccc([Si](OCC2(OOP(=O)(O)C(C(C)C)C(C)C)CC2)c2ccccc2)c1. The molecule has 1 unspecified atom stereocenters. The van der Waals surface area contributed by atoms with Crippen LogP contribution in [0.5, 0.6) is 0 Å². The van der Waals surface area contributed by atoms with Gasteiger partial charge < -0.3 is 9.32 Å². The van der Waals surface area contributed by atoms with Crippen LogP contribution < -0.4 is 10.4 Å². The van der Waals surface area contributed by atoms with Crippen molar-refractivity contribution in [1.82, 2.24) is 0 Å². The zero-order valence-electron chi connectivity index (χ0n) is 21.2. The van der Waals surface area contributed by atoms with Gasteiger partial charge in [-0.1, -0.05) is 95.6 Å². The Morgan fingerprint density at radius 3 is 2.24 bits per heavy atom. The zero-order chi connectivity index (χ0) is 24.8. The van der Waals surface area contributed by atoms with E-state index in [1.807, 2.05) is 45.9 Å². The Kier molecular flexibility index (Phi) is 9.73.